The van der Waals surface area contributed by atoms with Gasteiger partial charge in [-0.3, -0.25) is 9.59 Å². The van der Waals surface area contributed by atoms with Crippen molar-refractivity contribution < 1.29 is 4.79 Å². The molecule has 0 aliphatic carbocycles. The van der Waals surface area contributed by atoms with Crippen LogP contribution in [0.4, 0.5) is 0 Å². The lowest BCUT2D eigenvalue weighted by atomic mass is 9.92. The van der Waals surface area contributed by atoms with Crippen LogP contribution in [0, 0.1) is 0 Å². The SMILES string of the molecule is C[C@@H](C(=O)N1CCC[C@@H](c2ccnc3ncnn23)C1)c1n[nH]c(=O)c2ccccc12. The minimum atomic E-state index is -0.464. The second kappa shape index (κ2) is 7.33. The molecule has 0 radical (unpaired) electrons. The average Bonchev–Trinajstić information content (AvgIpc) is 3.28. The van der Waals surface area contributed by atoms with E-state index >= 15 is 0 Å². The quantitative estimate of drug-likeness (QED) is 0.559. The molecule has 9 heteroatoms. The van der Waals surface area contributed by atoms with Crippen LogP contribution >= 0.6 is 0 Å². The Balaban J connectivity index is 1.43. The number of aromatic amines is 1. The Kier molecular flexibility index (Phi) is 4.50. The van der Waals surface area contributed by atoms with E-state index in [1.807, 2.05) is 36.1 Å². The van der Waals surface area contributed by atoms with E-state index in [0.29, 0.717) is 35.3 Å². The summed E-state index contributed by atoms with van der Waals surface area (Å²) >= 11 is 0. The molecule has 152 valence electrons. The number of carbonyl (C=O) groups excluding carboxylic acids is 1. The van der Waals surface area contributed by atoms with Crippen LogP contribution in [-0.2, 0) is 4.79 Å². The van der Waals surface area contributed by atoms with Crippen LogP contribution in [0.15, 0.2) is 47.7 Å². The number of benzene rings is 1. The van der Waals surface area contributed by atoms with Gasteiger partial charge in [0.1, 0.15) is 6.33 Å². The number of fused-ring (bicyclic) bond motifs is 2. The molecule has 0 saturated carbocycles. The van der Waals surface area contributed by atoms with Crippen molar-refractivity contribution in [3.8, 4) is 0 Å². The summed E-state index contributed by atoms with van der Waals surface area (Å²) in [5.74, 6) is 0.262. The van der Waals surface area contributed by atoms with Crippen molar-refractivity contribution in [2.24, 2.45) is 0 Å². The zero-order valence-corrected chi connectivity index (χ0v) is 16.5. The highest BCUT2D eigenvalue weighted by molar-refractivity contribution is 5.91. The number of hydrogen-bond donors (Lipinski definition) is 1. The normalized spacial score (nSPS) is 18.0. The van der Waals surface area contributed by atoms with E-state index in [-0.39, 0.29) is 17.4 Å². The van der Waals surface area contributed by atoms with Gasteiger partial charge in [0.05, 0.1) is 22.7 Å². The largest absolute Gasteiger partial charge is 0.341 e. The maximum Gasteiger partial charge on any atom is 0.272 e. The van der Waals surface area contributed by atoms with Crippen molar-refractivity contribution in [3.63, 3.8) is 0 Å². The van der Waals surface area contributed by atoms with Gasteiger partial charge in [0.15, 0.2) is 0 Å². The zero-order valence-electron chi connectivity index (χ0n) is 16.5. The second-order valence-electron chi connectivity index (χ2n) is 7.67. The summed E-state index contributed by atoms with van der Waals surface area (Å²) in [5.41, 5.74) is 1.36. The highest BCUT2D eigenvalue weighted by atomic mass is 16.2. The third-order valence-corrected chi connectivity index (χ3v) is 5.87. The van der Waals surface area contributed by atoms with Crippen LogP contribution in [0.5, 0.6) is 0 Å². The van der Waals surface area contributed by atoms with Gasteiger partial charge >= 0.3 is 0 Å². The fourth-order valence-corrected chi connectivity index (χ4v) is 4.34. The van der Waals surface area contributed by atoms with Gasteiger partial charge < -0.3 is 4.90 Å². The summed E-state index contributed by atoms with van der Waals surface area (Å²) in [6.45, 7) is 3.15. The Bertz CT molecular complexity index is 1300. The molecular weight excluding hydrogens is 382 g/mol. The van der Waals surface area contributed by atoms with E-state index in [9.17, 15) is 9.59 Å². The summed E-state index contributed by atoms with van der Waals surface area (Å²) in [5, 5.41) is 12.3. The van der Waals surface area contributed by atoms with Crippen LogP contribution in [-0.4, -0.2) is 53.7 Å². The zero-order chi connectivity index (χ0) is 20.7. The fourth-order valence-electron chi connectivity index (χ4n) is 4.34. The summed E-state index contributed by atoms with van der Waals surface area (Å²) in [6, 6.07) is 9.20. The third kappa shape index (κ3) is 3.02. The molecule has 1 aromatic carbocycles. The molecule has 0 spiro atoms. The molecule has 1 aliphatic heterocycles. The fraction of sp³-hybridized carbons (Fsp3) is 0.333. The lowest BCUT2D eigenvalue weighted by Gasteiger charge is -2.34. The Morgan fingerprint density at radius 3 is 2.90 bits per heavy atom. The molecule has 1 amide bonds. The molecule has 1 fully saturated rings. The average molecular weight is 403 g/mol. The van der Waals surface area contributed by atoms with E-state index in [1.54, 1.807) is 16.8 Å². The van der Waals surface area contributed by atoms with Crippen LogP contribution in [0.2, 0.25) is 0 Å². The van der Waals surface area contributed by atoms with Gasteiger partial charge in [-0.15, -0.1) is 0 Å². The van der Waals surface area contributed by atoms with Crippen molar-refractivity contribution in [2.45, 2.75) is 31.6 Å². The maximum atomic E-state index is 13.4. The number of amides is 1. The van der Waals surface area contributed by atoms with Crippen molar-refractivity contribution in [1.29, 1.82) is 0 Å². The van der Waals surface area contributed by atoms with E-state index in [2.05, 4.69) is 25.3 Å². The van der Waals surface area contributed by atoms with E-state index in [1.165, 1.54) is 6.33 Å². The maximum absolute atomic E-state index is 13.4. The number of piperidine rings is 1. The lowest BCUT2D eigenvalue weighted by Crippen LogP contribution is -2.41. The van der Waals surface area contributed by atoms with Crippen LogP contribution < -0.4 is 5.56 Å². The Morgan fingerprint density at radius 1 is 1.20 bits per heavy atom. The molecule has 9 nitrogen and oxygen atoms in total. The number of hydrogen-bond acceptors (Lipinski definition) is 6. The first-order valence-corrected chi connectivity index (χ1v) is 10.0. The lowest BCUT2D eigenvalue weighted by molar-refractivity contribution is -0.133. The Labute approximate surface area is 171 Å². The molecule has 0 unspecified atom stereocenters. The monoisotopic (exact) mass is 403 g/mol. The topological polar surface area (TPSA) is 109 Å². The van der Waals surface area contributed by atoms with Gasteiger partial charge in [0, 0.05) is 30.6 Å². The van der Waals surface area contributed by atoms with Crippen molar-refractivity contribution in [3.05, 3.63) is 64.6 Å². The first-order chi connectivity index (χ1) is 14.6. The number of H-pyrrole nitrogens is 1. The van der Waals surface area contributed by atoms with Gasteiger partial charge in [0.25, 0.3) is 11.3 Å². The first kappa shape index (κ1) is 18.4. The van der Waals surface area contributed by atoms with Crippen molar-refractivity contribution in [2.75, 3.05) is 13.1 Å². The van der Waals surface area contributed by atoms with Crippen LogP contribution in [0.25, 0.3) is 16.6 Å². The molecule has 4 aromatic rings. The summed E-state index contributed by atoms with van der Waals surface area (Å²) in [7, 11) is 0. The number of likely N-dealkylation sites (tertiary alicyclic amines) is 1. The number of nitrogens with zero attached hydrogens (tertiary/aromatic N) is 6. The van der Waals surface area contributed by atoms with Gasteiger partial charge in [0.2, 0.25) is 5.91 Å². The van der Waals surface area contributed by atoms with Gasteiger partial charge in [-0.25, -0.2) is 14.6 Å². The molecule has 1 N–H and O–H groups in total. The Morgan fingerprint density at radius 2 is 2.03 bits per heavy atom. The molecule has 0 bridgehead atoms. The molecule has 2 atom stereocenters. The molecule has 1 aliphatic rings. The standard InChI is InChI=1S/C21H21N7O2/c1-13(18-15-6-2-3-7-16(15)19(29)26-25-18)20(30)27-10-4-5-14(11-27)17-8-9-22-21-23-12-24-28(17)21/h2-3,6-9,12-14H,4-5,10-11H2,1H3,(H,26,29)/t13-,14-/m1/s1. The predicted molar refractivity (Wildman–Crippen MR) is 110 cm³/mol. The minimum Gasteiger partial charge on any atom is -0.341 e. The third-order valence-electron chi connectivity index (χ3n) is 5.87. The highest BCUT2D eigenvalue weighted by Crippen LogP contribution is 2.29. The summed E-state index contributed by atoms with van der Waals surface area (Å²) in [6.07, 6.45) is 5.10. The predicted octanol–water partition coefficient (Wildman–Crippen LogP) is 1.87. The number of aromatic nitrogens is 6. The summed E-state index contributed by atoms with van der Waals surface area (Å²) < 4.78 is 1.75. The molecule has 4 heterocycles. The Hall–Kier alpha value is -3.62. The molecule has 1 saturated heterocycles. The number of carbonyl (C=O) groups is 1. The van der Waals surface area contributed by atoms with Gasteiger partial charge in [-0.2, -0.15) is 15.2 Å². The molecular formula is C21H21N7O2. The number of rotatable bonds is 3. The molecule has 5 rings (SSSR count). The van der Waals surface area contributed by atoms with Crippen LogP contribution in [0.1, 0.15) is 43.0 Å². The second-order valence-corrected chi connectivity index (χ2v) is 7.67. The van der Waals surface area contributed by atoms with Crippen LogP contribution in [0.3, 0.4) is 0 Å². The number of nitrogens with one attached hydrogen (secondary N) is 1. The smallest absolute Gasteiger partial charge is 0.272 e. The first-order valence-electron chi connectivity index (χ1n) is 10.0. The summed E-state index contributed by atoms with van der Waals surface area (Å²) in [4.78, 5) is 35.7. The van der Waals surface area contributed by atoms with Crippen molar-refractivity contribution in [1.82, 2.24) is 34.7 Å². The van der Waals surface area contributed by atoms with E-state index in [4.69, 9.17) is 0 Å². The van der Waals surface area contributed by atoms with E-state index in [0.717, 1.165) is 18.5 Å². The highest BCUT2D eigenvalue weighted by Gasteiger charge is 2.31. The van der Waals surface area contributed by atoms with Gasteiger partial charge in [-0.1, -0.05) is 18.2 Å². The van der Waals surface area contributed by atoms with Crippen molar-refractivity contribution >= 4 is 22.5 Å². The molecule has 30 heavy (non-hydrogen) atoms. The van der Waals surface area contributed by atoms with E-state index < -0.39 is 5.92 Å². The molecule has 3 aromatic heterocycles. The minimum absolute atomic E-state index is 0.00768. The van der Waals surface area contributed by atoms with Gasteiger partial charge in [-0.05, 0) is 31.9 Å².